The quantitative estimate of drug-likeness (QED) is 0.559. The van der Waals surface area contributed by atoms with Gasteiger partial charge < -0.3 is 15.2 Å². The number of hydrogen-bond donors (Lipinski definition) is 2. The topological polar surface area (TPSA) is 88.9 Å². The Balaban J connectivity index is 1.49. The highest BCUT2D eigenvalue weighted by Crippen LogP contribution is 2.17. The number of carbonyl (C=O) groups is 2. The summed E-state index contributed by atoms with van der Waals surface area (Å²) in [6.07, 6.45) is 0. The second kappa shape index (κ2) is 9.88. The van der Waals surface area contributed by atoms with E-state index in [2.05, 4.69) is 20.8 Å². The monoisotopic (exact) mass is 409 g/mol. The maximum absolute atomic E-state index is 12.2. The number of benzene rings is 2. The fraction of sp³-hybridized carbons (Fsp3) is 0.238. The van der Waals surface area contributed by atoms with E-state index in [1.54, 1.807) is 16.7 Å². The molecule has 0 spiro atoms. The van der Waals surface area contributed by atoms with Crippen molar-refractivity contribution in [3.63, 3.8) is 0 Å². The Bertz CT molecular complexity index is 960. The first kappa shape index (κ1) is 20.6. The van der Waals surface area contributed by atoms with E-state index >= 15 is 0 Å². The Kier molecular flexibility index (Phi) is 7.02. The van der Waals surface area contributed by atoms with E-state index in [1.165, 1.54) is 11.8 Å². The van der Waals surface area contributed by atoms with Crippen molar-refractivity contribution in [2.75, 3.05) is 5.75 Å². The standard InChI is InChI=1S/C21H23N5O2S/c1-15(16-9-5-3-6-10-16)23-19(27)14-29-21-25-24-18(26(21)2)13-22-20(28)17-11-7-4-8-12-17/h3-12,15H,13-14H2,1-2H3,(H,22,28)(H,23,27)/t15-/m1/s1. The second-order valence-electron chi connectivity index (χ2n) is 6.50. The third-order valence-electron chi connectivity index (χ3n) is 4.38. The number of nitrogens with zero attached hydrogens (tertiary/aromatic N) is 3. The normalized spacial score (nSPS) is 11.7. The molecular weight excluding hydrogens is 386 g/mol. The lowest BCUT2D eigenvalue weighted by Gasteiger charge is -2.14. The Hall–Kier alpha value is -3.13. The van der Waals surface area contributed by atoms with Crippen molar-refractivity contribution in [3.8, 4) is 0 Å². The smallest absolute Gasteiger partial charge is 0.251 e. The highest BCUT2D eigenvalue weighted by atomic mass is 32.2. The predicted molar refractivity (Wildman–Crippen MR) is 112 cm³/mol. The Morgan fingerprint density at radius 1 is 1.03 bits per heavy atom. The van der Waals surface area contributed by atoms with Crippen molar-refractivity contribution >= 4 is 23.6 Å². The molecule has 29 heavy (non-hydrogen) atoms. The van der Waals surface area contributed by atoms with Crippen molar-refractivity contribution < 1.29 is 9.59 Å². The van der Waals surface area contributed by atoms with Gasteiger partial charge in [0.25, 0.3) is 5.91 Å². The molecule has 0 radical (unpaired) electrons. The van der Waals surface area contributed by atoms with Crippen LogP contribution in [0.3, 0.4) is 0 Å². The molecule has 1 atom stereocenters. The number of thioether (sulfide) groups is 1. The molecule has 2 amide bonds. The highest BCUT2D eigenvalue weighted by molar-refractivity contribution is 7.99. The summed E-state index contributed by atoms with van der Waals surface area (Å²) in [5.74, 6) is 0.611. The molecule has 8 heteroatoms. The molecule has 3 aromatic rings. The van der Waals surface area contributed by atoms with Crippen LogP contribution in [0.5, 0.6) is 0 Å². The maximum atomic E-state index is 12.2. The molecule has 2 N–H and O–H groups in total. The molecule has 0 fully saturated rings. The van der Waals surface area contributed by atoms with Crippen LogP contribution in [0.25, 0.3) is 0 Å². The summed E-state index contributed by atoms with van der Waals surface area (Å²) < 4.78 is 1.78. The summed E-state index contributed by atoms with van der Waals surface area (Å²) in [5.41, 5.74) is 1.65. The summed E-state index contributed by atoms with van der Waals surface area (Å²) in [4.78, 5) is 24.4. The van der Waals surface area contributed by atoms with Gasteiger partial charge in [-0.25, -0.2) is 0 Å². The van der Waals surface area contributed by atoms with Crippen LogP contribution in [0.1, 0.15) is 34.7 Å². The van der Waals surface area contributed by atoms with Gasteiger partial charge in [0.2, 0.25) is 5.91 Å². The molecule has 0 bridgehead atoms. The van der Waals surface area contributed by atoms with E-state index in [9.17, 15) is 9.59 Å². The summed E-state index contributed by atoms with van der Waals surface area (Å²) >= 11 is 1.31. The average Bonchev–Trinajstić information content (AvgIpc) is 3.11. The van der Waals surface area contributed by atoms with Crippen LogP contribution in [0.4, 0.5) is 0 Å². The first-order valence-electron chi connectivity index (χ1n) is 9.23. The van der Waals surface area contributed by atoms with Crippen molar-refractivity contribution in [2.45, 2.75) is 24.7 Å². The van der Waals surface area contributed by atoms with E-state index < -0.39 is 0 Å². The van der Waals surface area contributed by atoms with Crippen LogP contribution in [-0.2, 0) is 18.4 Å². The van der Waals surface area contributed by atoms with Gasteiger partial charge in [0.05, 0.1) is 18.3 Å². The zero-order valence-corrected chi connectivity index (χ0v) is 17.1. The van der Waals surface area contributed by atoms with Gasteiger partial charge in [-0.2, -0.15) is 0 Å². The fourth-order valence-electron chi connectivity index (χ4n) is 2.71. The second-order valence-corrected chi connectivity index (χ2v) is 7.44. The zero-order chi connectivity index (χ0) is 20.6. The molecular formula is C21H23N5O2S. The number of nitrogens with one attached hydrogen (secondary N) is 2. The molecule has 0 aliphatic carbocycles. The molecule has 7 nitrogen and oxygen atoms in total. The number of hydrogen-bond acceptors (Lipinski definition) is 5. The van der Waals surface area contributed by atoms with Crippen LogP contribution >= 0.6 is 11.8 Å². The van der Waals surface area contributed by atoms with E-state index in [0.717, 1.165) is 5.56 Å². The molecule has 0 unspecified atom stereocenters. The molecule has 0 aliphatic heterocycles. The highest BCUT2D eigenvalue weighted by Gasteiger charge is 2.14. The van der Waals surface area contributed by atoms with E-state index in [4.69, 9.17) is 0 Å². The number of aromatic nitrogens is 3. The lowest BCUT2D eigenvalue weighted by atomic mass is 10.1. The van der Waals surface area contributed by atoms with Crippen LogP contribution < -0.4 is 10.6 Å². The average molecular weight is 410 g/mol. The third-order valence-corrected chi connectivity index (χ3v) is 5.40. The summed E-state index contributed by atoms with van der Waals surface area (Å²) in [6, 6.07) is 18.7. The Morgan fingerprint density at radius 2 is 1.69 bits per heavy atom. The van der Waals surface area contributed by atoms with Gasteiger partial charge in [-0.15, -0.1) is 10.2 Å². The van der Waals surface area contributed by atoms with Gasteiger partial charge in [0, 0.05) is 12.6 Å². The van der Waals surface area contributed by atoms with E-state index in [0.29, 0.717) is 16.5 Å². The lowest BCUT2D eigenvalue weighted by molar-refractivity contribution is -0.119. The minimum atomic E-state index is -0.169. The van der Waals surface area contributed by atoms with Crippen molar-refractivity contribution in [1.29, 1.82) is 0 Å². The van der Waals surface area contributed by atoms with Crippen molar-refractivity contribution in [2.24, 2.45) is 7.05 Å². The van der Waals surface area contributed by atoms with E-state index in [1.807, 2.05) is 62.5 Å². The first-order valence-corrected chi connectivity index (χ1v) is 10.2. The first-order chi connectivity index (χ1) is 14.0. The summed E-state index contributed by atoms with van der Waals surface area (Å²) in [7, 11) is 1.82. The van der Waals surface area contributed by atoms with Gasteiger partial charge in [-0.1, -0.05) is 60.3 Å². The van der Waals surface area contributed by atoms with Crippen molar-refractivity contribution in [3.05, 3.63) is 77.6 Å². The molecule has 150 valence electrons. The molecule has 0 saturated carbocycles. The van der Waals surface area contributed by atoms with Gasteiger partial charge in [0.1, 0.15) is 0 Å². The molecule has 1 heterocycles. The summed E-state index contributed by atoms with van der Waals surface area (Å²) in [5, 5.41) is 14.7. The zero-order valence-electron chi connectivity index (χ0n) is 16.3. The summed E-state index contributed by atoms with van der Waals surface area (Å²) in [6.45, 7) is 2.21. The van der Waals surface area contributed by atoms with Gasteiger partial charge in [-0.3, -0.25) is 9.59 Å². The minimum absolute atomic E-state index is 0.0624. The van der Waals surface area contributed by atoms with Crippen LogP contribution in [-0.4, -0.2) is 32.3 Å². The predicted octanol–water partition coefficient (Wildman–Crippen LogP) is 2.71. The molecule has 0 saturated heterocycles. The molecule has 3 rings (SSSR count). The largest absolute Gasteiger partial charge is 0.349 e. The fourth-order valence-corrected chi connectivity index (χ4v) is 3.46. The van der Waals surface area contributed by atoms with Gasteiger partial charge >= 0.3 is 0 Å². The number of amides is 2. The SMILES string of the molecule is C[C@@H](NC(=O)CSc1nnc(CNC(=O)c2ccccc2)n1C)c1ccccc1. The minimum Gasteiger partial charge on any atom is -0.349 e. The Labute approximate surface area is 173 Å². The number of rotatable bonds is 8. The van der Waals surface area contributed by atoms with Crippen LogP contribution in [0.2, 0.25) is 0 Å². The molecule has 0 aliphatic rings. The maximum Gasteiger partial charge on any atom is 0.251 e. The van der Waals surface area contributed by atoms with Gasteiger partial charge in [0.15, 0.2) is 11.0 Å². The Morgan fingerprint density at radius 3 is 2.38 bits per heavy atom. The van der Waals surface area contributed by atoms with E-state index in [-0.39, 0.29) is 30.2 Å². The van der Waals surface area contributed by atoms with Crippen molar-refractivity contribution in [1.82, 2.24) is 25.4 Å². The van der Waals surface area contributed by atoms with Crippen LogP contribution in [0, 0.1) is 0 Å². The van der Waals surface area contributed by atoms with Gasteiger partial charge in [-0.05, 0) is 24.6 Å². The molecule has 2 aromatic carbocycles. The van der Waals surface area contributed by atoms with Crippen LogP contribution in [0.15, 0.2) is 65.8 Å². The number of carbonyl (C=O) groups excluding carboxylic acids is 2. The lowest BCUT2D eigenvalue weighted by Crippen LogP contribution is -2.28. The molecule has 1 aromatic heterocycles. The third kappa shape index (κ3) is 5.68.